The Kier molecular flexibility index (Phi) is 8.79. The molecule has 0 fully saturated rings. The van der Waals surface area contributed by atoms with Crippen LogP contribution in [0.2, 0.25) is 0 Å². The van der Waals surface area contributed by atoms with Crippen LogP contribution in [0.4, 0.5) is 0 Å². The van der Waals surface area contributed by atoms with Crippen LogP contribution in [0.5, 0.6) is 0 Å². The largest absolute Gasteiger partial charge is 0.289 e. The van der Waals surface area contributed by atoms with E-state index in [0.29, 0.717) is 21.6 Å². The topological polar surface area (TPSA) is 51.2 Å². The normalized spacial score (nSPS) is 12.7. The first kappa shape index (κ1) is 29.1. The predicted molar refractivity (Wildman–Crippen MR) is 160 cm³/mol. The van der Waals surface area contributed by atoms with Gasteiger partial charge in [0.05, 0.1) is 10.6 Å². The molecule has 198 valence electrons. The van der Waals surface area contributed by atoms with Gasteiger partial charge in [-0.15, -0.1) is 0 Å². The number of carbonyl (C=O) groups excluding carboxylic acids is 1. The Bertz CT molecular complexity index is 1480. The van der Waals surface area contributed by atoms with E-state index in [0.717, 1.165) is 27.8 Å². The molecule has 4 heteroatoms. The molecule has 0 saturated carbocycles. The van der Waals surface area contributed by atoms with Crippen LogP contribution in [0.1, 0.15) is 69.4 Å². The molecule has 0 heterocycles. The smallest absolute Gasteiger partial charge is 0.185 e. The summed E-state index contributed by atoms with van der Waals surface area (Å²) in [6, 6.07) is 22.4. The van der Waals surface area contributed by atoms with E-state index in [1.165, 1.54) is 0 Å². The van der Waals surface area contributed by atoms with Gasteiger partial charge in [0, 0.05) is 5.57 Å². The monoisotopic (exact) mass is 526 g/mol. The van der Waals surface area contributed by atoms with E-state index >= 15 is 0 Å². The maximum atomic E-state index is 13.4. The van der Waals surface area contributed by atoms with Crippen LogP contribution < -0.4 is 0 Å². The van der Waals surface area contributed by atoms with Gasteiger partial charge in [-0.25, -0.2) is 8.42 Å². The summed E-state index contributed by atoms with van der Waals surface area (Å²) in [5, 5.41) is 0. The van der Waals surface area contributed by atoms with Crippen molar-refractivity contribution in [2.45, 2.75) is 57.6 Å². The van der Waals surface area contributed by atoms with Crippen LogP contribution in [0.3, 0.4) is 0 Å². The van der Waals surface area contributed by atoms with Crippen molar-refractivity contribution in [3.8, 4) is 0 Å². The third-order valence-corrected chi connectivity index (χ3v) is 8.51. The summed E-state index contributed by atoms with van der Waals surface area (Å²) >= 11 is 0. The maximum Gasteiger partial charge on any atom is 0.185 e. The van der Waals surface area contributed by atoms with Gasteiger partial charge >= 0.3 is 0 Å². The van der Waals surface area contributed by atoms with Gasteiger partial charge in [0.2, 0.25) is 0 Å². The van der Waals surface area contributed by atoms with Crippen molar-refractivity contribution in [3.63, 3.8) is 0 Å². The summed E-state index contributed by atoms with van der Waals surface area (Å²) in [5.41, 5.74) is 5.97. The molecule has 0 N–H and O–H groups in total. The van der Waals surface area contributed by atoms with Gasteiger partial charge in [0.15, 0.2) is 15.6 Å². The lowest BCUT2D eigenvalue weighted by atomic mass is 9.85. The van der Waals surface area contributed by atoms with Gasteiger partial charge in [0.25, 0.3) is 0 Å². The van der Waals surface area contributed by atoms with E-state index in [-0.39, 0.29) is 22.9 Å². The molecule has 3 nitrogen and oxygen atoms in total. The van der Waals surface area contributed by atoms with E-state index in [1.807, 2.05) is 81.4 Å². The molecule has 0 aliphatic heterocycles. The summed E-state index contributed by atoms with van der Waals surface area (Å²) < 4.78 is 26.8. The molecule has 0 aliphatic carbocycles. The number of Topliss-reactive ketones (excluding diaryl/α,β-unsaturated/α-hetero) is 1. The Balaban J connectivity index is 2.14. The van der Waals surface area contributed by atoms with Crippen molar-refractivity contribution < 1.29 is 13.2 Å². The highest BCUT2D eigenvalue weighted by Gasteiger charge is 2.22. The molecule has 0 aromatic heterocycles. The van der Waals surface area contributed by atoms with Gasteiger partial charge in [-0.1, -0.05) is 108 Å². The average molecular weight is 527 g/mol. The van der Waals surface area contributed by atoms with Crippen molar-refractivity contribution in [1.82, 2.24) is 0 Å². The third-order valence-electron chi connectivity index (χ3n) is 6.81. The van der Waals surface area contributed by atoms with E-state index in [4.69, 9.17) is 0 Å². The fourth-order valence-electron chi connectivity index (χ4n) is 4.35. The van der Waals surface area contributed by atoms with Gasteiger partial charge in [-0.3, -0.25) is 4.79 Å². The van der Waals surface area contributed by atoms with Gasteiger partial charge in [0.1, 0.15) is 0 Å². The van der Waals surface area contributed by atoms with Crippen molar-refractivity contribution in [3.05, 3.63) is 125 Å². The first-order chi connectivity index (χ1) is 17.8. The van der Waals surface area contributed by atoms with E-state index in [9.17, 15) is 13.2 Å². The molecule has 3 rings (SSSR count). The third kappa shape index (κ3) is 6.49. The number of carbonyl (C=O) groups is 1. The molecular formula is C34H38O3S. The highest BCUT2D eigenvalue weighted by atomic mass is 32.2. The van der Waals surface area contributed by atoms with E-state index in [2.05, 4.69) is 33.9 Å². The van der Waals surface area contributed by atoms with Crippen LogP contribution in [0, 0.1) is 5.92 Å². The van der Waals surface area contributed by atoms with E-state index in [1.54, 1.807) is 18.2 Å². The molecule has 38 heavy (non-hydrogen) atoms. The van der Waals surface area contributed by atoms with Crippen LogP contribution in [-0.4, -0.2) is 14.2 Å². The number of benzene rings is 3. The zero-order valence-electron chi connectivity index (χ0n) is 23.3. The minimum atomic E-state index is -3.59. The summed E-state index contributed by atoms with van der Waals surface area (Å²) in [6.45, 7) is 20.0. The Hall–Kier alpha value is -3.50. The lowest BCUT2D eigenvalue weighted by molar-refractivity contribution is -0.112. The van der Waals surface area contributed by atoms with Gasteiger partial charge < -0.3 is 0 Å². The first-order valence-electron chi connectivity index (χ1n) is 12.8. The summed E-state index contributed by atoms with van der Waals surface area (Å²) in [5.74, 6) is -0.250. The SMILES string of the molecule is C=Cc1ccc(CS(=O)(=O)c2ccc(C(C)(C)C)cc2)cc1/C(=C(\C)C(=O)C(=C)C(C)C)c1ccccc1. The van der Waals surface area contributed by atoms with E-state index < -0.39 is 9.84 Å². The molecule has 3 aromatic rings. The minimum absolute atomic E-state index is 0.00879. The highest BCUT2D eigenvalue weighted by molar-refractivity contribution is 7.90. The molecule has 0 aliphatic rings. The number of sulfone groups is 1. The number of allylic oxidation sites excluding steroid dienone is 2. The second kappa shape index (κ2) is 11.5. The number of hydrogen-bond acceptors (Lipinski definition) is 3. The summed E-state index contributed by atoms with van der Waals surface area (Å²) in [4.78, 5) is 13.7. The number of hydrogen-bond donors (Lipinski definition) is 0. The maximum absolute atomic E-state index is 13.4. The molecule has 0 bridgehead atoms. The van der Waals surface area contributed by atoms with Crippen molar-refractivity contribution >= 4 is 27.3 Å². The van der Waals surface area contributed by atoms with Crippen LogP contribution >= 0.6 is 0 Å². The first-order valence-corrected chi connectivity index (χ1v) is 14.5. The molecule has 0 radical (unpaired) electrons. The zero-order chi connectivity index (χ0) is 28.3. The molecule has 0 unspecified atom stereocenters. The van der Waals surface area contributed by atoms with Gasteiger partial charge in [-0.2, -0.15) is 0 Å². The fourth-order valence-corrected chi connectivity index (χ4v) is 5.68. The Morgan fingerprint density at radius 3 is 2.08 bits per heavy atom. The number of ketones is 1. The molecule has 0 amide bonds. The molecule has 0 spiro atoms. The second-order valence-electron chi connectivity index (χ2n) is 11.0. The average Bonchev–Trinajstić information content (AvgIpc) is 2.88. The second-order valence-corrected chi connectivity index (χ2v) is 13.0. The molecule has 3 aromatic carbocycles. The Morgan fingerprint density at radius 1 is 0.947 bits per heavy atom. The van der Waals surface area contributed by atoms with Crippen LogP contribution in [-0.2, 0) is 25.8 Å². The lowest BCUT2D eigenvalue weighted by Gasteiger charge is -2.19. The standard InChI is InChI=1S/C34H38O3S/c1-9-27-16-15-26(22-38(36,37)30-19-17-29(18-20-30)34(6,7)8)21-31(27)32(28-13-11-10-12-14-28)25(5)33(35)24(4)23(2)3/h9-21,23H,1,4,22H2,2-3,5-8H3/b32-25+. The summed E-state index contributed by atoms with van der Waals surface area (Å²) in [6.07, 6.45) is 1.73. The quantitative estimate of drug-likeness (QED) is 0.264. The van der Waals surface area contributed by atoms with Crippen LogP contribution in [0.15, 0.2) is 102 Å². The number of rotatable bonds is 9. The zero-order valence-corrected chi connectivity index (χ0v) is 24.2. The van der Waals surface area contributed by atoms with Crippen LogP contribution in [0.25, 0.3) is 11.6 Å². The summed E-state index contributed by atoms with van der Waals surface area (Å²) in [7, 11) is -3.59. The van der Waals surface area contributed by atoms with Crippen molar-refractivity contribution in [1.29, 1.82) is 0 Å². The molecule has 0 atom stereocenters. The Labute approximate surface area is 228 Å². The van der Waals surface area contributed by atoms with Crippen molar-refractivity contribution in [2.24, 2.45) is 5.92 Å². The minimum Gasteiger partial charge on any atom is -0.289 e. The van der Waals surface area contributed by atoms with Crippen molar-refractivity contribution in [2.75, 3.05) is 0 Å². The Morgan fingerprint density at radius 2 is 1.55 bits per heavy atom. The highest BCUT2D eigenvalue weighted by Crippen LogP contribution is 2.34. The van der Waals surface area contributed by atoms with Gasteiger partial charge in [-0.05, 0) is 75.4 Å². The fraction of sp³-hybridized carbons (Fsp3) is 0.265. The lowest BCUT2D eigenvalue weighted by Crippen LogP contribution is -2.12. The molecule has 0 saturated heterocycles. The predicted octanol–water partition coefficient (Wildman–Crippen LogP) is 8.20. The molecular weight excluding hydrogens is 488 g/mol.